The van der Waals surface area contributed by atoms with Crippen LogP contribution < -0.4 is 19.7 Å². The van der Waals surface area contributed by atoms with Crippen LogP contribution >= 0.6 is 0 Å². The number of methoxy groups -OCH3 is 1. The maximum Gasteiger partial charge on any atom is 0.319 e. The molecule has 4 aliphatic rings. The van der Waals surface area contributed by atoms with E-state index in [4.69, 9.17) is 20.9 Å². The van der Waals surface area contributed by atoms with E-state index in [9.17, 15) is 14.3 Å². The van der Waals surface area contributed by atoms with Crippen LogP contribution in [0.15, 0.2) is 24.3 Å². The number of nitrogens with zero attached hydrogens (tertiary/aromatic N) is 4. The Balaban J connectivity index is 1.36. The maximum absolute atomic E-state index is 17.3. The van der Waals surface area contributed by atoms with Crippen molar-refractivity contribution in [2.75, 3.05) is 44.8 Å². The number of hydrogen-bond acceptors (Lipinski definition) is 8. The topological polar surface area (TPSA) is 100 Å². The third-order valence-electron chi connectivity index (χ3n) is 10.8. The monoisotopic (exact) mass is 689 g/mol. The third-order valence-corrected chi connectivity index (χ3v) is 10.8. The summed E-state index contributed by atoms with van der Waals surface area (Å²) in [4.78, 5) is 25.0. The molecule has 260 valence electrons. The molecule has 0 aliphatic carbocycles. The summed E-state index contributed by atoms with van der Waals surface area (Å²) < 4.78 is 75.8. The van der Waals surface area contributed by atoms with Gasteiger partial charge in [0, 0.05) is 43.5 Å². The van der Waals surface area contributed by atoms with E-state index in [0.717, 1.165) is 38.3 Å². The van der Waals surface area contributed by atoms with E-state index in [1.165, 1.54) is 25.3 Å². The number of aliphatic carboxylic acids is 1. The van der Waals surface area contributed by atoms with Crippen LogP contribution in [0.5, 0.6) is 11.8 Å². The lowest BCUT2D eigenvalue weighted by molar-refractivity contribution is -0.136. The summed E-state index contributed by atoms with van der Waals surface area (Å²) in [7, 11) is 1.25. The van der Waals surface area contributed by atoms with Crippen LogP contribution in [-0.2, 0) is 11.2 Å². The number of carboxylic acids is 1. The number of alkyl halides is 1. The number of hydrogen-bond donors (Lipinski definition) is 2. The van der Waals surface area contributed by atoms with Gasteiger partial charge in [-0.05, 0) is 60.9 Å². The SMILES string of the molecule is C#Cc1c(F)ccc2cc(CC(=O)O)cc(-c3c(F)c(OC)c4c(N5CC6CCC(C5)N6)nc(OC[C@@]56CCCN5C[C@H](F)C6)nc4c3F)c12. The predicted octanol–water partition coefficient (Wildman–Crippen LogP) is 5.38. The zero-order valence-electron chi connectivity index (χ0n) is 27.4. The Morgan fingerprint density at radius 1 is 1.12 bits per heavy atom. The lowest BCUT2D eigenvalue weighted by Crippen LogP contribution is -2.51. The normalized spacial score (nSPS) is 24.6. The van der Waals surface area contributed by atoms with Crippen molar-refractivity contribution < 1.29 is 36.9 Å². The highest BCUT2D eigenvalue weighted by molar-refractivity contribution is 6.06. The molecular weight excluding hydrogens is 654 g/mol. The highest BCUT2D eigenvalue weighted by Gasteiger charge is 2.49. The van der Waals surface area contributed by atoms with Crippen LogP contribution in [0.25, 0.3) is 32.8 Å². The minimum absolute atomic E-state index is 0.000375. The van der Waals surface area contributed by atoms with Gasteiger partial charge in [-0.15, -0.1) is 6.42 Å². The first-order valence-corrected chi connectivity index (χ1v) is 16.8. The average molecular weight is 690 g/mol. The Bertz CT molecular complexity index is 2100. The number of carboxylic acid groups (broad SMARTS) is 1. The van der Waals surface area contributed by atoms with E-state index in [1.54, 1.807) is 0 Å². The van der Waals surface area contributed by atoms with Gasteiger partial charge in [-0.1, -0.05) is 18.1 Å². The van der Waals surface area contributed by atoms with Crippen LogP contribution in [0, 0.1) is 29.8 Å². The Morgan fingerprint density at radius 2 is 1.90 bits per heavy atom. The van der Waals surface area contributed by atoms with Crippen molar-refractivity contribution >= 4 is 33.5 Å². The van der Waals surface area contributed by atoms with Gasteiger partial charge < -0.3 is 24.8 Å². The van der Waals surface area contributed by atoms with Gasteiger partial charge in [0.1, 0.15) is 29.9 Å². The molecule has 4 aliphatic heterocycles. The Morgan fingerprint density at radius 3 is 2.62 bits per heavy atom. The first kappa shape index (κ1) is 32.5. The molecule has 5 heterocycles. The van der Waals surface area contributed by atoms with Gasteiger partial charge in [-0.3, -0.25) is 9.69 Å². The van der Waals surface area contributed by atoms with Gasteiger partial charge >= 0.3 is 12.0 Å². The number of carbonyl (C=O) groups is 1. The summed E-state index contributed by atoms with van der Waals surface area (Å²) in [6.07, 6.45) is 8.08. The molecule has 0 amide bonds. The van der Waals surface area contributed by atoms with Crippen LogP contribution in [0.3, 0.4) is 0 Å². The number of nitrogens with one attached hydrogen (secondary N) is 1. The van der Waals surface area contributed by atoms with Gasteiger partial charge in [0.05, 0.1) is 35.6 Å². The maximum atomic E-state index is 17.3. The minimum Gasteiger partial charge on any atom is -0.493 e. The number of halogens is 4. The van der Waals surface area contributed by atoms with Gasteiger partial charge in [-0.2, -0.15) is 9.97 Å². The molecule has 1 aromatic heterocycles. The summed E-state index contributed by atoms with van der Waals surface area (Å²) in [5, 5.41) is 13.5. The van der Waals surface area contributed by atoms with Gasteiger partial charge in [-0.25, -0.2) is 17.6 Å². The molecule has 4 fully saturated rings. The lowest BCUT2D eigenvalue weighted by Gasteiger charge is -2.35. The molecule has 2 unspecified atom stereocenters. The Labute approximate surface area is 285 Å². The quantitative estimate of drug-likeness (QED) is 0.187. The third kappa shape index (κ3) is 5.27. The highest BCUT2D eigenvalue weighted by atomic mass is 19.1. The van der Waals surface area contributed by atoms with Crippen LogP contribution in [0.2, 0.25) is 0 Å². The van der Waals surface area contributed by atoms with E-state index >= 15 is 13.2 Å². The van der Waals surface area contributed by atoms with Crippen molar-refractivity contribution in [3.8, 4) is 35.2 Å². The fourth-order valence-electron chi connectivity index (χ4n) is 8.69. The summed E-state index contributed by atoms with van der Waals surface area (Å²) >= 11 is 0. The summed E-state index contributed by atoms with van der Waals surface area (Å²) in [6.45, 7) is 2.19. The van der Waals surface area contributed by atoms with E-state index in [2.05, 4.69) is 21.1 Å². The Kier molecular flexibility index (Phi) is 7.99. The zero-order chi connectivity index (χ0) is 34.9. The standard InChI is InChI=1S/C37H35F4N5O4/c1-3-24-26(39)8-5-20-11-19(13-27(47)48)12-25(28(20)24)29-31(40)33-30(34(49-2)32(29)41)35(45-16-22-6-7-23(17-45)42-22)44-36(43-33)50-18-37-9-4-10-46(37)15-21(38)14-37/h1,5,8,11-12,21-23,42H,4,6-7,9-10,13-18H2,2H3,(H,47,48)/t21-,22?,23?,37+/m1/s1. The number of piperazine rings is 1. The zero-order valence-corrected chi connectivity index (χ0v) is 27.4. The molecule has 8 rings (SSSR count). The molecule has 50 heavy (non-hydrogen) atoms. The van der Waals surface area contributed by atoms with Crippen molar-refractivity contribution in [2.45, 2.75) is 62.3 Å². The van der Waals surface area contributed by atoms with Gasteiger partial charge in [0.15, 0.2) is 17.4 Å². The van der Waals surface area contributed by atoms with Crippen LogP contribution in [-0.4, -0.2) is 89.6 Å². The molecular formula is C37H35F4N5O4. The van der Waals surface area contributed by atoms with Crippen LogP contribution in [0.4, 0.5) is 23.4 Å². The van der Waals surface area contributed by atoms with E-state index in [0.29, 0.717) is 31.4 Å². The molecule has 0 radical (unpaired) electrons. The predicted molar refractivity (Wildman–Crippen MR) is 179 cm³/mol. The second-order valence-electron chi connectivity index (χ2n) is 13.9. The van der Waals surface area contributed by atoms with E-state index in [1.807, 2.05) is 4.90 Å². The molecule has 9 nitrogen and oxygen atoms in total. The summed E-state index contributed by atoms with van der Waals surface area (Å²) in [6, 6.07) is 5.46. The number of fused-ring (bicyclic) bond motifs is 5. The second kappa shape index (κ2) is 12.3. The number of anilines is 1. The molecule has 2 bridgehead atoms. The minimum atomic E-state index is -1.17. The number of rotatable bonds is 8. The molecule has 13 heteroatoms. The first-order chi connectivity index (χ1) is 24.1. The second-order valence-corrected chi connectivity index (χ2v) is 13.9. The molecule has 3 aromatic carbocycles. The van der Waals surface area contributed by atoms with Crippen molar-refractivity contribution in [1.82, 2.24) is 20.2 Å². The Hall–Kier alpha value is -4.67. The number of terminal acetylenes is 1. The van der Waals surface area contributed by atoms with Gasteiger partial charge in [0.25, 0.3) is 0 Å². The fourth-order valence-corrected chi connectivity index (χ4v) is 8.69. The van der Waals surface area contributed by atoms with E-state index < -0.39 is 47.1 Å². The first-order valence-electron chi connectivity index (χ1n) is 16.8. The highest BCUT2D eigenvalue weighted by Crippen LogP contribution is 2.47. The van der Waals surface area contributed by atoms with E-state index in [-0.39, 0.29) is 69.2 Å². The molecule has 2 N–H and O–H groups in total. The number of aromatic nitrogens is 2. The molecule has 4 aromatic rings. The largest absolute Gasteiger partial charge is 0.493 e. The van der Waals surface area contributed by atoms with Crippen molar-refractivity contribution in [3.05, 3.63) is 52.8 Å². The van der Waals surface area contributed by atoms with Crippen molar-refractivity contribution in [1.29, 1.82) is 0 Å². The van der Waals surface area contributed by atoms with Crippen molar-refractivity contribution in [2.24, 2.45) is 0 Å². The fraction of sp³-hybridized carbons (Fsp3) is 0.432. The number of ether oxygens (including phenoxy) is 2. The molecule has 4 saturated heterocycles. The molecule has 0 saturated carbocycles. The lowest BCUT2D eigenvalue weighted by atomic mass is 9.90. The van der Waals surface area contributed by atoms with Gasteiger partial charge in [0.2, 0.25) is 0 Å². The number of benzene rings is 3. The van der Waals surface area contributed by atoms with Crippen molar-refractivity contribution in [3.63, 3.8) is 0 Å². The summed E-state index contributed by atoms with van der Waals surface area (Å²) in [5.41, 5.74) is -1.60. The molecule has 0 spiro atoms. The smallest absolute Gasteiger partial charge is 0.319 e. The average Bonchev–Trinajstić information content (AvgIpc) is 3.73. The molecule has 4 atom stereocenters. The summed E-state index contributed by atoms with van der Waals surface area (Å²) in [5.74, 6) is -1.96. The van der Waals surface area contributed by atoms with Crippen LogP contribution in [0.1, 0.15) is 43.2 Å².